The molecule has 0 unspecified atom stereocenters. The number of morpholine rings is 1. The first kappa shape index (κ1) is 23.0. The Morgan fingerprint density at radius 2 is 2.14 bits per heavy atom. The number of ether oxygens (including phenoxy) is 2. The van der Waals surface area contributed by atoms with Crippen LogP contribution in [0.25, 0.3) is 0 Å². The maximum atomic E-state index is 13.8. The lowest BCUT2D eigenvalue weighted by Gasteiger charge is -2.44. The average Bonchev–Trinajstić information content (AvgIpc) is 3.03. The van der Waals surface area contributed by atoms with Crippen molar-refractivity contribution in [3.63, 3.8) is 0 Å². The molecule has 1 aliphatic heterocycles. The van der Waals surface area contributed by atoms with E-state index in [0.717, 1.165) is 25.5 Å². The summed E-state index contributed by atoms with van der Waals surface area (Å²) in [6.45, 7) is 2.11. The summed E-state index contributed by atoms with van der Waals surface area (Å²) in [7, 11) is 1.68. The van der Waals surface area contributed by atoms with E-state index in [4.69, 9.17) is 19.4 Å². The minimum absolute atomic E-state index is 0.0772. The second-order valence-electron chi connectivity index (χ2n) is 6.84. The fourth-order valence-corrected chi connectivity index (χ4v) is 3.65. The topological polar surface area (TPSA) is 89.0 Å². The van der Waals surface area contributed by atoms with Crippen molar-refractivity contribution >= 4 is 11.9 Å². The summed E-state index contributed by atoms with van der Waals surface area (Å²) in [5, 5.41) is 7.12. The predicted molar refractivity (Wildman–Crippen MR) is 91.7 cm³/mol. The van der Waals surface area contributed by atoms with Gasteiger partial charge < -0.3 is 19.5 Å². The Bertz CT molecular complexity index is 730. The molecule has 0 bridgehead atoms. The van der Waals surface area contributed by atoms with Crippen LogP contribution in [-0.4, -0.2) is 72.1 Å². The molecule has 1 saturated carbocycles. The fourth-order valence-electron chi connectivity index (χ4n) is 3.65. The Morgan fingerprint density at radius 3 is 2.72 bits per heavy atom. The van der Waals surface area contributed by atoms with Gasteiger partial charge in [0.05, 0.1) is 37.1 Å². The number of pyridine rings is 1. The van der Waals surface area contributed by atoms with Gasteiger partial charge in [-0.05, 0) is 18.9 Å². The van der Waals surface area contributed by atoms with Gasteiger partial charge in [-0.3, -0.25) is 9.78 Å². The number of alkyl halides is 3. The van der Waals surface area contributed by atoms with Crippen LogP contribution in [0.4, 0.5) is 17.6 Å². The van der Waals surface area contributed by atoms with E-state index in [1.165, 1.54) is 12.3 Å². The van der Waals surface area contributed by atoms with Crippen LogP contribution >= 0.6 is 0 Å². The molecule has 1 saturated heterocycles. The second-order valence-corrected chi connectivity index (χ2v) is 6.84. The number of methoxy groups -OCH3 is 1. The van der Waals surface area contributed by atoms with Crippen molar-refractivity contribution < 1.29 is 41.7 Å². The summed E-state index contributed by atoms with van der Waals surface area (Å²) in [5.41, 5.74) is -0.263. The van der Waals surface area contributed by atoms with Crippen LogP contribution in [0.1, 0.15) is 29.6 Å². The first-order valence-electron chi connectivity index (χ1n) is 8.92. The predicted octanol–water partition coefficient (Wildman–Crippen LogP) is 2.51. The largest absolute Gasteiger partial charge is 0.490 e. The van der Waals surface area contributed by atoms with Gasteiger partial charge in [-0.1, -0.05) is 6.42 Å². The molecule has 1 amide bonds. The minimum Gasteiger partial charge on any atom is -0.475 e. The molecular formula is C18H22F4N2O5. The molecule has 3 rings (SSSR count). The lowest BCUT2D eigenvalue weighted by Crippen LogP contribution is -2.56. The summed E-state index contributed by atoms with van der Waals surface area (Å²) in [5.74, 6) is -3.33. The molecule has 7 nitrogen and oxygen atoms in total. The number of carboxylic acids is 1. The van der Waals surface area contributed by atoms with Gasteiger partial charge in [0.15, 0.2) is 5.82 Å². The highest BCUT2D eigenvalue weighted by Crippen LogP contribution is 2.41. The molecule has 162 valence electrons. The lowest BCUT2D eigenvalue weighted by molar-refractivity contribution is -0.192. The highest BCUT2D eigenvalue weighted by Gasteiger charge is 2.48. The number of hydrogen-bond donors (Lipinski definition) is 1. The van der Waals surface area contributed by atoms with Crippen molar-refractivity contribution in [1.82, 2.24) is 9.88 Å². The number of halogens is 4. The third-order valence-corrected chi connectivity index (χ3v) is 5.01. The SMILES string of the molecule is COC[C@@H]1CCC[C@]12CN(C(=O)c1ccncc1F)CCO2.O=C(O)C(F)(F)F. The molecule has 1 aliphatic carbocycles. The Labute approximate surface area is 164 Å². The molecule has 1 aromatic rings. The molecular weight excluding hydrogens is 400 g/mol. The van der Waals surface area contributed by atoms with E-state index < -0.39 is 18.0 Å². The lowest BCUT2D eigenvalue weighted by atomic mass is 9.89. The van der Waals surface area contributed by atoms with Crippen molar-refractivity contribution in [2.45, 2.75) is 31.0 Å². The van der Waals surface area contributed by atoms with Crippen molar-refractivity contribution in [2.75, 3.05) is 33.4 Å². The van der Waals surface area contributed by atoms with E-state index in [2.05, 4.69) is 4.98 Å². The maximum absolute atomic E-state index is 13.8. The van der Waals surface area contributed by atoms with Crippen molar-refractivity contribution in [1.29, 1.82) is 0 Å². The van der Waals surface area contributed by atoms with Crippen molar-refractivity contribution in [3.8, 4) is 0 Å². The highest BCUT2D eigenvalue weighted by atomic mass is 19.4. The van der Waals surface area contributed by atoms with Gasteiger partial charge in [0.25, 0.3) is 5.91 Å². The first-order chi connectivity index (χ1) is 13.6. The molecule has 2 aliphatic rings. The molecule has 2 atom stereocenters. The average molecular weight is 422 g/mol. The van der Waals surface area contributed by atoms with Gasteiger partial charge in [0, 0.05) is 25.8 Å². The standard InChI is InChI=1S/C16H21FN2O3.C2HF3O2/c1-21-10-12-3-2-5-16(12)11-19(7-8-22-16)15(20)13-4-6-18-9-14(13)17;3-2(4,5)1(6)7/h4,6,9,12H,2-3,5,7-8,10-11H2,1H3;(H,6,7)/t12-,16-;/m0./s1. The third-order valence-electron chi connectivity index (χ3n) is 5.01. The van der Waals surface area contributed by atoms with E-state index in [1.807, 2.05) is 0 Å². The molecule has 29 heavy (non-hydrogen) atoms. The molecule has 2 heterocycles. The summed E-state index contributed by atoms with van der Waals surface area (Å²) in [4.78, 5) is 26.9. The number of aromatic nitrogens is 1. The number of amides is 1. The van der Waals surface area contributed by atoms with Crippen LogP contribution < -0.4 is 0 Å². The van der Waals surface area contributed by atoms with Crippen molar-refractivity contribution in [2.24, 2.45) is 5.92 Å². The first-order valence-corrected chi connectivity index (χ1v) is 8.92. The number of carboxylic acid groups (broad SMARTS) is 1. The Balaban J connectivity index is 0.000000370. The van der Waals surface area contributed by atoms with Gasteiger partial charge in [-0.15, -0.1) is 0 Å². The number of carbonyl (C=O) groups excluding carboxylic acids is 1. The van der Waals surface area contributed by atoms with Crippen molar-refractivity contribution in [3.05, 3.63) is 29.8 Å². The van der Waals surface area contributed by atoms with Crippen LogP contribution in [-0.2, 0) is 14.3 Å². The van der Waals surface area contributed by atoms with E-state index in [1.54, 1.807) is 12.0 Å². The third kappa shape index (κ3) is 5.63. The van der Waals surface area contributed by atoms with E-state index in [9.17, 15) is 22.4 Å². The van der Waals surface area contributed by atoms with Crippen LogP contribution in [0.5, 0.6) is 0 Å². The van der Waals surface area contributed by atoms with Crippen LogP contribution in [0.3, 0.4) is 0 Å². The highest BCUT2D eigenvalue weighted by molar-refractivity contribution is 5.94. The molecule has 1 spiro atoms. The van der Waals surface area contributed by atoms with Gasteiger partial charge in [-0.2, -0.15) is 13.2 Å². The van der Waals surface area contributed by atoms with Gasteiger partial charge in [-0.25, -0.2) is 9.18 Å². The summed E-state index contributed by atoms with van der Waals surface area (Å²) in [6, 6.07) is 1.43. The second kappa shape index (κ2) is 9.49. The van der Waals surface area contributed by atoms with Gasteiger partial charge >= 0.3 is 12.1 Å². The summed E-state index contributed by atoms with van der Waals surface area (Å²) < 4.78 is 56.9. The number of hydrogen-bond acceptors (Lipinski definition) is 5. The zero-order valence-electron chi connectivity index (χ0n) is 15.7. The fraction of sp³-hybridized carbons (Fsp3) is 0.611. The van der Waals surface area contributed by atoms with E-state index in [0.29, 0.717) is 26.3 Å². The number of aliphatic carboxylic acids is 1. The quantitative estimate of drug-likeness (QED) is 0.753. The van der Waals surface area contributed by atoms with Crippen LogP contribution in [0.15, 0.2) is 18.5 Å². The summed E-state index contributed by atoms with van der Waals surface area (Å²) >= 11 is 0. The number of rotatable bonds is 3. The Hall–Kier alpha value is -2.27. The monoisotopic (exact) mass is 422 g/mol. The van der Waals surface area contributed by atoms with E-state index >= 15 is 0 Å². The smallest absolute Gasteiger partial charge is 0.475 e. The van der Waals surface area contributed by atoms with Gasteiger partial charge in [0.2, 0.25) is 0 Å². The molecule has 0 radical (unpaired) electrons. The minimum atomic E-state index is -5.08. The molecule has 11 heteroatoms. The van der Waals surface area contributed by atoms with Crippen LogP contribution in [0, 0.1) is 11.7 Å². The Morgan fingerprint density at radius 1 is 1.45 bits per heavy atom. The zero-order chi connectivity index (χ0) is 21.7. The van der Waals surface area contributed by atoms with Gasteiger partial charge in [0.1, 0.15) is 0 Å². The summed E-state index contributed by atoms with van der Waals surface area (Å²) in [6.07, 6.45) is 0.464. The molecule has 1 aromatic heterocycles. The molecule has 1 N–H and O–H groups in total. The molecule has 0 aromatic carbocycles. The zero-order valence-corrected chi connectivity index (χ0v) is 15.7. The number of carbonyl (C=O) groups is 2. The van der Waals surface area contributed by atoms with Crippen LogP contribution in [0.2, 0.25) is 0 Å². The number of nitrogens with zero attached hydrogens (tertiary/aromatic N) is 2. The maximum Gasteiger partial charge on any atom is 0.490 e. The Kier molecular flexibility index (Phi) is 7.53. The van der Waals surface area contributed by atoms with E-state index in [-0.39, 0.29) is 23.0 Å². The molecule has 2 fully saturated rings. The normalized spacial score (nSPS) is 24.2.